The van der Waals surface area contributed by atoms with Gasteiger partial charge in [0.1, 0.15) is 0 Å². The van der Waals surface area contributed by atoms with Crippen molar-refractivity contribution in [3.63, 3.8) is 0 Å². The molecule has 0 atom stereocenters. The highest BCUT2D eigenvalue weighted by atomic mass is 35.5. The third-order valence-corrected chi connectivity index (χ3v) is 4.14. The average Bonchev–Trinajstić information content (AvgIpc) is 2.53. The SMILES string of the molecule is N#Cc1cccc(CNS(=O)(=O)C=Cc2ccc(Cl)cc2)c1. The van der Waals surface area contributed by atoms with Gasteiger partial charge in [0.2, 0.25) is 10.0 Å². The number of sulfonamides is 1. The molecule has 0 spiro atoms. The Balaban J connectivity index is 2.02. The summed E-state index contributed by atoms with van der Waals surface area (Å²) in [5, 5.41) is 10.5. The first-order chi connectivity index (χ1) is 10.5. The minimum atomic E-state index is -3.55. The maximum atomic E-state index is 11.9. The Bertz CT molecular complexity index is 822. The second-order valence-electron chi connectivity index (χ2n) is 4.53. The van der Waals surface area contributed by atoms with Crippen molar-refractivity contribution in [3.8, 4) is 6.07 Å². The summed E-state index contributed by atoms with van der Waals surface area (Å²) < 4.78 is 26.3. The molecular weight excluding hydrogens is 320 g/mol. The van der Waals surface area contributed by atoms with E-state index in [1.54, 1.807) is 48.5 Å². The molecule has 0 saturated carbocycles. The minimum Gasteiger partial charge on any atom is -0.208 e. The number of hydrogen-bond acceptors (Lipinski definition) is 3. The van der Waals surface area contributed by atoms with Gasteiger partial charge >= 0.3 is 0 Å². The summed E-state index contributed by atoms with van der Waals surface area (Å²) in [5.74, 6) is 0. The van der Waals surface area contributed by atoms with Crippen LogP contribution in [0.2, 0.25) is 5.02 Å². The molecular formula is C16H13ClN2O2S. The highest BCUT2D eigenvalue weighted by Crippen LogP contribution is 2.11. The zero-order valence-corrected chi connectivity index (χ0v) is 13.1. The fourth-order valence-corrected chi connectivity index (χ4v) is 2.65. The minimum absolute atomic E-state index is 0.128. The summed E-state index contributed by atoms with van der Waals surface area (Å²) in [6.45, 7) is 0.128. The Kier molecular flexibility index (Phi) is 5.34. The van der Waals surface area contributed by atoms with Crippen molar-refractivity contribution in [1.29, 1.82) is 5.26 Å². The number of nitriles is 1. The quantitative estimate of drug-likeness (QED) is 0.913. The lowest BCUT2D eigenvalue weighted by Gasteiger charge is -2.03. The van der Waals surface area contributed by atoms with Crippen LogP contribution in [0.3, 0.4) is 0 Å². The first-order valence-corrected chi connectivity index (χ1v) is 8.33. The van der Waals surface area contributed by atoms with Crippen molar-refractivity contribution in [2.45, 2.75) is 6.54 Å². The van der Waals surface area contributed by atoms with Gasteiger partial charge in [-0.25, -0.2) is 13.1 Å². The molecule has 0 saturated heterocycles. The van der Waals surface area contributed by atoms with Gasteiger partial charge in [0.25, 0.3) is 0 Å². The third kappa shape index (κ3) is 5.01. The predicted molar refractivity (Wildman–Crippen MR) is 87.4 cm³/mol. The van der Waals surface area contributed by atoms with Gasteiger partial charge in [0.05, 0.1) is 11.6 Å². The summed E-state index contributed by atoms with van der Waals surface area (Å²) in [6, 6.07) is 15.6. The fraction of sp³-hybridized carbons (Fsp3) is 0.0625. The van der Waals surface area contributed by atoms with E-state index in [2.05, 4.69) is 4.72 Å². The maximum Gasteiger partial charge on any atom is 0.234 e. The summed E-state index contributed by atoms with van der Waals surface area (Å²) in [6.07, 6.45) is 1.49. The van der Waals surface area contributed by atoms with E-state index in [1.807, 2.05) is 6.07 Å². The van der Waals surface area contributed by atoms with Gasteiger partial charge in [-0.2, -0.15) is 5.26 Å². The third-order valence-electron chi connectivity index (χ3n) is 2.84. The van der Waals surface area contributed by atoms with Crippen LogP contribution in [0.15, 0.2) is 53.9 Å². The number of benzene rings is 2. The van der Waals surface area contributed by atoms with E-state index in [9.17, 15) is 8.42 Å². The van der Waals surface area contributed by atoms with Crippen molar-refractivity contribution < 1.29 is 8.42 Å². The summed E-state index contributed by atoms with van der Waals surface area (Å²) in [4.78, 5) is 0. The molecule has 0 aromatic heterocycles. The van der Waals surface area contributed by atoms with Gasteiger partial charge in [-0.15, -0.1) is 0 Å². The molecule has 0 aliphatic carbocycles. The molecule has 6 heteroatoms. The molecule has 22 heavy (non-hydrogen) atoms. The van der Waals surface area contributed by atoms with Crippen molar-refractivity contribution in [1.82, 2.24) is 4.72 Å². The van der Waals surface area contributed by atoms with Gasteiger partial charge in [0, 0.05) is 17.0 Å². The molecule has 0 radical (unpaired) electrons. The largest absolute Gasteiger partial charge is 0.234 e. The van der Waals surface area contributed by atoms with E-state index in [0.29, 0.717) is 10.6 Å². The number of nitrogens with one attached hydrogen (secondary N) is 1. The number of hydrogen-bond donors (Lipinski definition) is 1. The van der Waals surface area contributed by atoms with Crippen LogP contribution in [0.5, 0.6) is 0 Å². The van der Waals surface area contributed by atoms with E-state index >= 15 is 0 Å². The summed E-state index contributed by atoms with van der Waals surface area (Å²) in [7, 11) is -3.55. The molecule has 0 heterocycles. The van der Waals surface area contributed by atoms with Crippen LogP contribution in [0, 0.1) is 11.3 Å². The Morgan fingerprint density at radius 3 is 2.59 bits per heavy atom. The van der Waals surface area contributed by atoms with Crippen LogP contribution < -0.4 is 4.72 Å². The van der Waals surface area contributed by atoms with E-state index in [-0.39, 0.29) is 6.54 Å². The maximum absolute atomic E-state index is 11.9. The standard InChI is InChI=1S/C16H13ClN2O2S/c17-16-6-4-13(5-7-16)8-9-22(20,21)19-12-15-3-1-2-14(10-15)11-18/h1-10,19H,12H2. The van der Waals surface area contributed by atoms with Gasteiger partial charge < -0.3 is 0 Å². The van der Waals surface area contributed by atoms with Gasteiger partial charge in [-0.3, -0.25) is 0 Å². The lowest BCUT2D eigenvalue weighted by atomic mass is 10.1. The first kappa shape index (κ1) is 16.2. The molecule has 2 aromatic carbocycles. The second-order valence-corrected chi connectivity index (χ2v) is 6.62. The summed E-state index contributed by atoms with van der Waals surface area (Å²) in [5.41, 5.74) is 1.96. The van der Waals surface area contributed by atoms with Crippen molar-refractivity contribution in [3.05, 3.63) is 75.7 Å². The molecule has 0 unspecified atom stereocenters. The molecule has 0 aliphatic heterocycles. The van der Waals surface area contributed by atoms with Crippen LogP contribution in [0.4, 0.5) is 0 Å². The Morgan fingerprint density at radius 1 is 1.18 bits per heavy atom. The topological polar surface area (TPSA) is 70.0 Å². The molecule has 0 bridgehead atoms. The van der Waals surface area contributed by atoms with Crippen molar-refractivity contribution in [2.75, 3.05) is 0 Å². The highest BCUT2D eigenvalue weighted by molar-refractivity contribution is 7.92. The van der Waals surface area contributed by atoms with E-state index in [0.717, 1.165) is 16.5 Å². The Morgan fingerprint density at radius 2 is 1.91 bits per heavy atom. The molecule has 0 amide bonds. The lowest BCUT2D eigenvalue weighted by molar-refractivity contribution is 0.591. The van der Waals surface area contributed by atoms with Crippen LogP contribution in [0.1, 0.15) is 16.7 Å². The molecule has 4 nitrogen and oxygen atoms in total. The van der Waals surface area contributed by atoms with Gasteiger partial charge in [-0.05, 0) is 41.5 Å². The number of halogens is 1. The van der Waals surface area contributed by atoms with Crippen LogP contribution in [-0.2, 0) is 16.6 Å². The molecule has 2 aromatic rings. The smallest absolute Gasteiger partial charge is 0.208 e. The highest BCUT2D eigenvalue weighted by Gasteiger charge is 2.05. The Labute approximate surface area is 134 Å². The van der Waals surface area contributed by atoms with Crippen LogP contribution in [0.25, 0.3) is 6.08 Å². The van der Waals surface area contributed by atoms with Crippen molar-refractivity contribution >= 4 is 27.7 Å². The Hall–Kier alpha value is -2.13. The van der Waals surface area contributed by atoms with Crippen LogP contribution in [-0.4, -0.2) is 8.42 Å². The van der Waals surface area contributed by atoms with E-state index in [1.165, 1.54) is 6.08 Å². The monoisotopic (exact) mass is 332 g/mol. The molecule has 2 rings (SSSR count). The number of rotatable bonds is 5. The molecule has 1 N–H and O–H groups in total. The fourth-order valence-electron chi connectivity index (χ4n) is 1.72. The summed E-state index contributed by atoms with van der Waals surface area (Å²) >= 11 is 5.77. The van der Waals surface area contributed by atoms with Gasteiger partial charge in [0.15, 0.2) is 0 Å². The van der Waals surface area contributed by atoms with E-state index < -0.39 is 10.0 Å². The normalized spacial score (nSPS) is 11.5. The van der Waals surface area contributed by atoms with Crippen molar-refractivity contribution in [2.24, 2.45) is 0 Å². The second kappa shape index (κ2) is 7.23. The number of nitrogens with zero attached hydrogens (tertiary/aromatic N) is 1. The lowest BCUT2D eigenvalue weighted by Crippen LogP contribution is -2.20. The molecule has 0 fully saturated rings. The first-order valence-electron chi connectivity index (χ1n) is 6.41. The van der Waals surface area contributed by atoms with Gasteiger partial charge in [-0.1, -0.05) is 35.9 Å². The van der Waals surface area contributed by atoms with E-state index in [4.69, 9.17) is 16.9 Å². The molecule has 0 aliphatic rings. The predicted octanol–water partition coefficient (Wildman–Crippen LogP) is 3.30. The zero-order valence-electron chi connectivity index (χ0n) is 11.5. The van der Waals surface area contributed by atoms with Crippen LogP contribution >= 0.6 is 11.6 Å². The average molecular weight is 333 g/mol. The molecule has 112 valence electrons. The zero-order chi connectivity index (χ0) is 16.0.